The maximum atomic E-state index is 13.2. The van der Waals surface area contributed by atoms with E-state index >= 15 is 0 Å². The van der Waals surface area contributed by atoms with Crippen LogP contribution in [0.5, 0.6) is 0 Å². The SMILES string of the molecule is CCCCCCCCCCC[C@H]1N=C(N)N[C@@]2(CCCO2)[C@H]1C(=O)OCCCCCN=C(N)N. The highest BCUT2D eigenvalue weighted by molar-refractivity contribution is 5.84. The second-order valence-electron chi connectivity index (χ2n) is 9.68. The lowest BCUT2D eigenvalue weighted by molar-refractivity contribution is -0.165. The Morgan fingerprint density at radius 3 is 2.41 bits per heavy atom. The van der Waals surface area contributed by atoms with Crippen molar-refractivity contribution in [1.29, 1.82) is 0 Å². The summed E-state index contributed by atoms with van der Waals surface area (Å²) in [6, 6.07) is -0.210. The predicted molar refractivity (Wildman–Crippen MR) is 137 cm³/mol. The molecule has 9 heteroatoms. The number of carbonyl (C=O) groups excluding carboxylic acids is 1. The minimum Gasteiger partial charge on any atom is -0.465 e. The topological polar surface area (TPSA) is 150 Å². The number of carbonyl (C=O) groups is 1. The van der Waals surface area contributed by atoms with E-state index < -0.39 is 11.6 Å². The monoisotopic (exact) mass is 480 g/mol. The zero-order valence-corrected chi connectivity index (χ0v) is 21.2. The van der Waals surface area contributed by atoms with E-state index in [0.29, 0.717) is 25.7 Å². The third-order valence-corrected chi connectivity index (χ3v) is 6.78. The van der Waals surface area contributed by atoms with E-state index in [1.54, 1.807) is 0 Å². The van der Waals surface area contributed by atoms with Crippen LogP contribution in [-0.2, 0) is 14.3 Å². The second-order valence-corrected chi connectivity index (χ2v) is 9.68. The van der Waals surface area contributed by atoms with Crippen LogP contribution in [0.1, 0.15) is 103 Å². The summed E-state index contributed by atoms with van der Waals surface area (Å²) in [7, 11) is 0. The average Bonchev–Trinajstić information content (AvgIpc) is 3.24. The number of nitrogens with one attached hydrogen (secondary N) is 1. The van der Waals surface area contributed by atoms with Gasteiger partial charge in [0.2, 0.25) is 0 Å². The van der Waals surface area contributed by atoms with Gasteiger partial charge in [-0.05, 0) is 38.5 Å². The van der Waals surface area contributed by atoms with Crippen molar-refractivity contribution in [3.63, 3.8) is 0 Å². The Morgan fingerprint density at radius 1 is 1.09 bits per heavy atom. The molecule has 196 valence electrons. The summed E-state index contributed by atoms with van der Waals surface area (Å²) >= 11 is 0. The van der Waals surface area contributed by atoms with Gasteiger partial charge in [-0.3, -0.25) is 9.79 Å². The van der Waals surface area contributed by atoms with Crippen LogP contribution >= 0.6 is 0 Å². The number of esters is 1. The highest BCUT2D eigenvalue weighted by Crippen LogP contribution is 2.38. The first kappa shape index (κ1) is 28.2. The first-order valence-corrected chi connectivity index (χ1v) is 13.5. The van der Waals surface area contributed by atoms with Gasteiger partial charge in [0.25, 0.3) is 0 Å². The number of ether oxygens (including phenoxy) is 2. The fourth-order valence-corrected chi connectivity index (χ4v) is 5.00. The van der Waals surface area contributed by atoms with Crippen molar-refractivity contribution in [1.82, 2.24) is 5.32 Å². The lowest BCUT2D eigenvalue weighted by atomic mass is 9.82. The number of aliphatic imine (C=N–C) groups is 2. The molecule has 0 aromatic heterocycles. The number of nitrogens with zero attached hydrogens (tertiary/aromatic N) is 2. The summed E-state index contributed by atoms with van der Waals surface area (Å²) in [5.41, 5.74) is 16.0. The highest BCUT2D eigenvalue weighted by atomic mass is 16.5. The van der Waals surface area contributed by atoms with Crippen molar-refractivity contribution in [2.45, 2.75) is 115 Å². The van der Waals surface area contributed by atoms with E-state index in [4.69, 9.17) is 26.7 Å². The lowest BCUT2D eigenvalue weighted by Crippen LogP contribution is -2.64. The largest absolute Gasteiger partial charge is 0.465 e. The number of hydrogen-bond donors (Lipinski definition) is 4. The van der Waals surface area contributed by atoms with Gasteiger partial charge in [-0.1, -0.05) is 64.7 Å². The summed E-state index contributed by atoms with van der Waals surface area (Å²) < 4.78 is 11.8. The maximum absolute atomic E-state index is 13.2. The van der Waals surface area contributed by atoms with Gasteiger partial charge in [0.05, 0.1) is 12.6 Å². The number of guanidine groups is 2. The standard InChI is InChI=1S/C25H48N6O3/c1-2-3-4-5-6-7-8-9-11-15-20-21(25(16-14-19-34-25)31-24(28)30-20)22(32)33-18-13-10-12-17-29-23(26)27/h20-21H,2-19H2,1H3,(H4,26,27,29)(H3,28,30,31)/t20-,21-,25-/m1/s1. The van der Waals surface area contributed by atoms with Gasteiger partial charge in [0, 0.05) is 13.2 Å². The van der Waals surface area contributed by atoms with Crippen LogP contribution in [0, 0.1) is 5.92 Å². The van der Waals surface area contributed by atoms with E-state index in [1.807, 2.05) is 0 Å². The molecule has 1 saturated heterocycles. The molecule has 34 heavy (non-hydrogen) atoms. The predicted octanol–water partition coefficient (Wildman–Crippen LogP) is 3.30. The van der Waals surface area contributed by atoms with E-state index in [9.17, 15) is 4.79 Å². The summed E-state index contributed by atoms with van der Waals surface area (Å²) in [5.74, 6) is -0.240. The third kappa shape index (κ3) is 9.68. The van der Waals surface area contributed by atoms with Crippen molar-refractivity contribution in [2.75, 3.05) is 19.8 Å². The second kappa shape index (κ2) is 15.8. The van der Waals surface area contributed by atoms with E-state index in [2.05, 4.69) is 22.2 Å². The van der Waals surface area contributed by atoms with Crippen LogP contribution in [-0.4, -0.2) is 49.4 Å². The van der Waals surface area contributed by atoms with Gasteiger partial charge >= 0.3 is 5.97 Å². The first-order valence-electron chi connectivity index (χ1n) is 13.5. The van der Waals surface area contributed by atoms with E-state index in [0.717, 1.165) is 51.4 Å². The summed E-state index contributed by atoms with van der Waals surface area (Å²) in [6.07, 6.45) is 16.3. The molecule has 0 unspecified atom stereocenters. The minimum atomic E-state index is -0.791. The summed E-state index contributed by atoms with van der Waals surface area (Å²) in [4.78, 5) is 21.8. The average molecular weight is 481 g/mol. The lowest BCUT2D eigenvalue weighted by Gasteiger charge is -2.42. The molecule has 2 heterocycles. The van der Waals surface area contributed by atoms with Gasteiger partial charge in [-0.2, -0.15) is 0 Å². The fraction of sp³-hybridized carbons (Fsp3) is 0.880. The molecule has 7 N–H and O–H groups in total. The van der Waals surface area contributed by atoms with Crippen molar-refractivity contribution >= 4 is 17.9 Å². The van der Waals surface area contributed by atoms with Crippen LogP contribution in [0.3, 0.4) is 0 Å². The van der Waals surface area contributed by atoms with Crippen molar-refractivity contribution in [3.05, 3.63) is 0 Å². The molecule has 0 amide bonds. The summed E-state index contributed by atoms with van der Waals surface area (Å²) in [5, 5.41) is 3.18. The molecule has 0 saturated carbocycles. The molecule has 3 atom stereocenters. The maximum Gasteiger partial charge on any atom is 0.316 e. The molecular formula is C25H48N6O3. The minimum absolute atomic E-state index is 0.107. The number of unbranched alkanes of at least 4 members (excludes halogenated alkanes) is 10. The Hall–Kier alpha value is -2.03. The highest BCUT2D eigenvalue weighted by Gasteiger charge is 2.53. The third-order valence-electron chi connectivity index (χ3n) is 6.78. The Bertz CT molecular complexity index is 645. The molecular weight excluding hydrogens is 432 g/mol. The number of nitrogens with two attached hydrogens (primary N) is 3. The molecule has 1 fully saturated rings. The molecule has 2 aliphatic rings. The molecule has 0 bridgehead atoms. The van der Waals surface area contributed by atoms with Crippen molar-refractivity contribution in [3.8, 4) is 0 Å². The van der Waals surface area contributed by atoms with Crippen molar-refractivity contribution < 1.29 is 14.3 Å². The Kier molecular flexibility index (Phi) is 13.1. The molecule has 2 aliphatic heterocycles. The van der Waals surface area contributed by atoms with Gasteiger partial charge < -0.3 is 32.0 Å². The zero-order valence-electron chi connectivity index (χ0n) is 21.2. The molecule has 0 aliphatic carbocycles. The van der Waals surface area contributed by atoms with Gasteiger partial charge in [0.1, 0.15) is 5.92 Å². The van der Waals surface area contributed by atoms with E-state index in [1.165, 1.54) is 44.9 Å². The zero-order chi connectivity index (χ0) is 24.7. The number of hydrogen-bond acceptors (Lipinski definition) is 7. The normalized spacial score (nSPS) is 24.0. The first-order chi connectivity index (χ1) is 16.5. The molecule has 2 rings (SSSR count). The Balaban J connectivity index is 1.81. The van der Waals surface area contributed by atoms with E-state index in [-0.39, 0.29) is 18.0 Å². The quantitative estimate of drug-likeness (QED) is 0.108. The van der Waals surface area contributed by atoms with Crippen LogP contribution in [0.2, 0.25) is 0 Å². The van der Waals surface area contributed by atoms with Gasteiger partial charge in [-0.25, -0.2) is 4.99 Å². The number of rotatable bonds is 17. The van der Waals surface area contributed by atoms with Crippen LogP contribution in [0.4, 0.5) is 0 Å². The van der Waals surface area contributed by atoms with Gasteiger partial charge in [0.15, 0.2) is 17.6 Å². The molecule has 0 radical (unpaired) electrons. The smallest absolute Gasteiger partial charge is 0.316 e. The van der Waals surface area contributed by atoms with Gasteiger partial charge in [-0.15, -0.1) is 0 Å². The molecule has 0 aromatic rings. The fourth-order valence-electron chi connectivity index (χ4n) is 5.00. The molecule has 9 nitrogen and oxygen atoms in total. The Labute approximate surface area is 205 Å². The Morgan fingerprint density at radius 2 is 1.76 bits per heavy atom. The van der Waals surface area contributed by atoms with Crippen LogP contribution in [0.25, 0.3) is 0 Å². The van der Waals surface area contributed by atoms with Crippen molar-refractivity contribution in [2.24, 2.45) is 33.1 Å². The molecule has 0 aromatic carbocycles. The summed E-state index contributed by atoms with van der Waals surface area (Å²) in [6.45, 7) is 3.82. The molecule has 1 spiro atoms. The van der Waals surface area contributed by atoms with Crippen LogP contribution < -0.4 is 22.5 Å². The van der Waals surface area contributed by atoms with Crippen LogP contribution in [0.15, 0.2) is 9.98 Å².